The predicted molar refractivity (Wildman–Crippen MR) is 60.9 cm³/mol. The first-order valence-electron chi connectivity index (χ1n) is 4.26. The SMILES string of the molecule is Cc1cc2c(CC#N)cc(Cl)cc2s1. The van der Waals surface area contributed by atoms with Gasteiger partial charge in [0.15, 0.2) is 0 Å². The van der Waals surface area contributed by atoms with E-state index in [1.54, 1.807) is 11.3 Å². The van der Waals surface area contributed by atoms with Crippen molar-refractivity contribution >= 4 is 33.0 Å². The number of nitriles is 1. The van der Waals surface area contributed by atoms with Gasteiger partial charge >= 0.3 is 0 Å². The first kappa shape index (κ1) is 9.51. The quantitative estimate of drug-likeness (QED) is 0.716. The van der Waals surface area contributed by atoms with Gasteiger partial charge in [-0.15, -0.1) is 11.3 Å². The van der Waals surface area contributed by atoms with Crippen molar-refractivity contribution in [2.75, 3.05) is 0 Å². The Bertz CT molecular complexity index is 522. The van der Waals surface area contributed by atoms with Gasteiger partial charge in [-0.2, -0.15) is 5.26 Å². The maximum atomic E-state index is 8.69. The van der Waals surface area contributed by atoms with Crippen molar-refractivity contribution in [3.05, 3.63) is 33.7 Å². The number of thiophene rings is 1. The first-order chi connectivity index (χ1) is 6.70. The number of rotatable bonds is 1. The minimum atomic E-state index is 0.424. The Hall–Kier alpha value is -1.04. The summed E-state index contributed by atoms with van der Waals surface area (Å²) in [7, 11) is 0. The summed E-state index contributed by atoms with van der Waals surface area (Å²) in [6.07, 6.45) is 0.424. The molecule has 0 spiro atoms. The molecule has 14 heavy (non-hydrogen) atoms. The fourth-order valence-corrected chi connectivity index (χ4v) is 2.85. The standard InChI is InChI=1S/C11H8ClNS/c1-7-4-10-8(2-3-13)5-9(12)6-11(10)14-7/h4-6H,2H2,1H3. The van der Waals surface area contributed by atoms with Crippen molar-refractivity contribution in [1.29, 1.82) is 5.26 Å². The molecule has 2 rings (SSSR count). The second kappa shape index (κ2) is 3.61. The normalized spacial score (nSPS) is 10.4. The summed E-state index contributed by atoms with van der Waals surface area (Å²) in [5.41, 5.74) is 1.03. The van der Waals surface area contributed by atoms with Crippen molar-refractivity contribution in [3.8, 4) is 6.07 Å². The van der Waals surface area contributed by atoms with Gasteiger partial charge < -0.3 is 0 Å². The molecular weight excluding hydrogens is 214 g/mol. The van der Waals surface area contributed by atoms with E-state index in [1.165, 1.54) is 15.0 Å². The molecule has 0 radical (unpaired) electrons. The van der Waals surface area contributed by atoms with Gasteiger partial charge in [0.2, 0.25) is 0 Å². The fraction of sp³-hybridized carbons (Fsp3) is 0.182. The fourth-order valence-electron chi connectivity index (χ4n) is 1.53. The zero-order chi connectivity index (χ0) is 10.1. The Kier molecular flexibility index (Phi) is 2.45. The Labute approximate surface area is 91.5 Å². The van der Waals surface area contributed by atoms with Crippen molar-refractivity contribution in [3.63, 3.8) is 0 Å². The highest BCUT2D eigenvalue weighted by molar-refractivity contribution is 7.19. The summed E-state index contributed by atoms with van der Waals surface area (Å²) in [6.45, 7) is 2.06. The molecule has 0 bridgehead atoms. The molecule has 1 heterocycles. The van der Waals surface area contributed by atoms with Crippen molar-refractivity contribution in [2.45, 2.75) is 13.3 Å². The number of nitrogens with zero attached hydrogens (tertiary/aromatic N) is 1. The molecule has 1 aromatic carbocycles. The molecule has 1 nitrogen and oxygen atoms in total. The minimum Gasteiger partial charge on any atom is -0.198 e. The second-order valence-electron chi connectivity index (χ2n) is 3.17. The van der Waals surface area contributed by atoms with Gasteiger partial charge in [0.05, 0.1) is 12.5 Å². The van der Waals surface area contributed by atoms with Crippen LogP contribution in [0.25, 0.3) is 10.1 Å². The maximum absolute atomic E-state index is 8.69. The highest BCUT2D eigenvalue weighted by atomic mass is 35.5. The lowest BCUT2D eigenvalue weighted by Crippen LogP contribution is -1.81. The van der Waals surface area contributed by atoms with Crippen LogP contribution in [0.4, 0.5) is 0 Å². The molecule has 3 heteroatoms. The van der Waals surface area contributed by atoms with Crippen LogP contribution in [-0.2, 0) is 6.42 Å². The average Bonchev–Trinajstić information content (AvgIpc) is 2.45. The summed E-state index contributed by atoms with van der Waals surface area (Å²) in [4.78, 5) is 1.25. The van der Waals surface area contributed by atoms with E-state index in [0.717, 1.165) is 5.56 Å². The topological polar surface area (TPSA) is 23.8 Å². The molecule has 0 aliphatic heterocycles. The van der Waals surface area contributed by atoms with Gasteiger partial charge in [-0.1, -0.05) is 11.6 Å². The molecular formula is C11H8ClNS. The van der Waals surface area contributed by atoms with Crippen LogP contribution in [0.5, 0.6) is 0 Å². The van der Waals surface area contributed by atoms with Crippen LogP contribution in [0.3, 0.4) is 0 Å². The number of hydrogen-bond donors (Lipinski definition) is 0. The zero-order valence-corrected chi connectivity index (χ0v) is 9.25. The highest BCUT2D eigenvalue weighted by Gasteiger charge is 2.05. The van der Waals surface area contributed by atoms with E-state index >= 15 is 0 Å². The van der Waals surface area contributed by atoms with E-state index < -0.39 is 0 Å². The summed E-state index contributed by atoms with van der Waals surface area (Å²) >= 11 is 7.68. The molecule has 0 aliphatic carbocycles. The lowest BCUT2D eigenvalue weighted by Gasteiger charge is -1.98. The molecule has 2 aromatic rings. The third-order valence-electron chi connectivity index (χ3n) is 2.08. The third kappa shape index (κ3) is 1.61. The van der Waals surface area contributed by atoms with E-state index in [0.29, 0.717) is 11.4 Å². The van der Waals surface area contributed by atoms with Crippen molar-refractivity contribution < 1.29 is 0 Å². The molecule has 70 valence electrons. The van der Waals surface area contributed by atoms with Gasteiger partial charge in [0.1, 0.15) is 0 Å². The monoisotopic (exact) mass is 221 g/mol. The summed E-state index contributed by atoms with van der Waals surface area (Å²) in [6, 6.07) is 8.10. The number of fused-ring (bicyclic) bond motifs is 1. The van der Waals surface area contributed by atoms with Gasteiger partial charge in [0, 0.05) is 14.6 Å². The van der Waals surface area contributed by atoms with Gasteiger partial charge in [-0.25, -0.2) is 0 Å². The lowest BCUT2D eigenvalue weighted by molar-refractivity contribution is 1.29. The Morgan fingerprint density at radius 2 is 2.21 bits per heavy atom. The Morgan fingerprint density at radius 1 is 1.43 bits per heavy atom. The minimum absolute atomic E-state index is 0.424. The molecule has 0 atom stereocenters. The predicted octanol–water partition coefficient (Wildman–Crippen LogP) is 3.93. The second-order valence-corrected chi connectivity index (χ2v) is 4.89. The molecule has 1 aromatic heterocycles. The van der Waals surface area contributed by atoms with Gasteiger partial charge in [-0.3, -0.25) is 0 Å². The summed E-state index contributed by atoms with van der Waals surface area (Å²) in [5.74, 6) is 0. The summed E-state index contributed by atoms with van der Waals surface area (Å²) < 4.78 is 1.17. The van der Waals surface area contributed by atoms with Crippen LogP contribution < -0.4 is 0 Å². The van der Waals surface area contributed by atoms with Crippen molar-refractivity contribution in [1.82, 2.24) is 0 Å². The van der Waals surface area contributed by atoms with E-state index in [-0.39, 0.29) is 0 Å². The van der Waals surface area contributed by atoms with Crippen LogP contribution in [0.2, 0.25) is 5.02 Å². The highest BCUT2D eigenvalue weighted by Crippen LogP contribution is 2.31. The van der Waals surface area contributed by atoms with Crippen LogP contribution in [-0.4, -0.2) is 0 Å². The third-order valence-corrected chi connectivity index (χ3v) is 3.30. The summed E-state index contributed by atoms with van der Waals surface area (Å²) in [5, 5.41) is 10.6. The molecule has 0 amide bonds. The molecule has 0 saturated heterocycles. The number of benzene rings is 1. The lowest BCUT2D eigenvalue weighted by atomic mass is 10.1. The molecule has 0 N–H and O–H groups in total. The molecule has 0 saturated carbocycles. The Morgan fingerprint density at radius 3 is 2.93 bits per heavy atom. The maximum Gasteiger partial charge on any atom is 0.0669 e. The average molecular weight is 222 g/mol. The van der Waals surface area contributed by atoms with E-state index in [4.69, 9.17) is 16.9 Å². The smallest absolute Gasteiger partial charge is 0.0669 e. The van der Waals surface area contributed by atoms with E-state index in [2.05, 4.69) is 19.1 Å². The van der Waals surface area contributed by atoms with Crippen LogP contribution in [0.15, 0.2) is 18.2 Å². The van der Waals surface area contributed by atoms with E-state index in [9.17, 15) is 0 Å². The van der Waals surface area contributed by atoms with Crippen LogP contribution in [0.1, 0.15) is 10.4 Å². The van der Waals surface area contributed by atoms with Crippen LogP contribution in [0, 0.1) is 18.3 Å². The molecule has 0 unspecified atom stereocenters. The van der Waals surface area contributed by atoms with Crippen LogP contribution >= 0.6 is 22.9 Å². The number of halogens is 1. The van der Waals surface area contributed by atoms with E-state index in [1.807, 2.05) is 12.1 Å². The largest absolute Gasteiger partial charge is 0.198 e. The zero-order valence-electron chi connectivity index (χ0n) is 7.67. The number of hydrogen-bond acceptors (Lipinski definition) is 2. The molecule has 0 aliphatic rings. The number of aryl methyl sites for hydroxylation is 1. The Balaban J connectivity index is 2.74. The van der Waals surface area contributed by atoms with Crippen molar-refractivity contribution in [2.24, 2.45) is 0 Å². The first-order valence-corrected chi connectivity index (χ1v) is 5.45. The van der Waals surface area contributed by atoms with Gasteiger partial charge in [-0.05, 0) is 36.1 Å². The molecule has 0 fully saturated rings. The van der Waals surface area contributed by atoms with Gasteiger partial charge in [0.25, 0.3) is 0 Å².